The number of ketones is 1. The van der Waals surface area contributed by atoms with E-state index in [2.05, 4.69) is 5.32 Å². The molecular formula is C18H13Cl2NO4. The van der Waals surface area contributed by atoms with Crippen LogP contribution in [0.3, 0.4) is 0 Å². The van der Waals surface area contributed by atoms with E-state index in [0.717, 1.165) is 0 Å². The minimum atomic E-state index is -0.419. The van der Waals surface area contributed by atoms with Gasteiger partial charge in [0.05, 0.1) is 15.7 Å². The highest BCUT2D eigenvalue weighted by atomic mass is 35.5. The maximum Gasteiger partial charge on any atom is 0.248 e. The van der Waals surface area contributed by atoms with Crippen molar-refractivity contribution < 1.29 is 19.1 Å². The molecule has 0 fully saturated rings. The molecule has 0 saturated carbocycles. The lowest BCUT2D eigenvalue weighted by Crippen LogP contribution is -2.11. The van der Waals surface area contributed by atoms with Crippen LogP contribution in [-0.2, 0) is 4.79 Å². The van der Waals surface area contributed by atoms with Crippen LogP contribution in [0.1, 0.15) is 22.8 Å². The van der Waals surface area contributed by atoms with Gasteiger partial charge in [-0.1, -0.05) is 35.3 Å². The first-order valence-corrected chi connectivity index (χ1v) is 8.09. The van der Waals surface area contributed by atoms with Gasteiger partial charge in [-0.05, 0) is 30.7 Å². The van der Waals surface area contributed by atoms with E-state index in [1.165, 1.54) is 13.0 Å². The Morgan fingerprint density at radius 1 is 1.16 bits per heavy atom. The summed E-state index contributed by atoms with van der Waals surface area (Å²) in [5.74, 6) is 0.333. The summed E-state index contributed by atoms with van der Waals surface area (Å²) in [4.78, 5) is 24.0. The van der Waals surface area contributed by atoms with Crippen LogP contribution in [0.5, 0.6) is 11.5 Å². The van der Waals surface area contributed by atoms with Crippen molar-refractivity contribution >= 4 is 46.7 Å². The summed E-state index contributed by atoms with van der Waals surface area (Å²) < 4.78 is 10.5. The lowest BCUT2D eigenvalue weighted by Gasteiger charge is -2.09. The van der Waals surface area contributed by atoms with E-state index in [9.17, 15) is 9.59 Å². The Morgan fingerprint density at radius 2 is 1.88 bits per heavy atom. The Morgan fingerprint density at radius 3 is 2.60 bits per heavy atom. The van der Waals surface area contributed by atoms with Crippen LogP contribution in [0.4, 0.5) is 5.69 Å². The highest BCUT2D eigenvalue weighted by molar-refractivity contribution is 6.42. The van der Waals surface area contributed by atoms with E-state index in [1.807, 2.05) is 0 Å². The third-order valence-electron chi connectivity index (χ3n) is 3.55. The summed E-state index contributed by atoms with van der Waals surface area (Å²) >= 11 is 12.0. The molecular weight excluding hydrogens is 365 g/mol. The molecule has 1 heterocycles. The van der Waals surface area contributed by atoms with Gasteiger partial charge >= 0.3 is 0 Å². The molecule has 1 aliphatic rings. The predicted molar refractivity (Wildman–Crippen MR) is 96.7 cm³/mol. The molecule has 1 N–H and O–H groups in total. The van der Waals surface area contributed by atoms with Gasteiger partial charge in [0.2, 0.25) is 12.7 Å². The molecule has 2 aromatic carbocycles. The molecule has 0 aliphatic carbocycles. The van der Waals surface area contributed by atoms with Crippen molar-refractivity contribution in [2.24, 2.45) is 0 Å². The lowest BCUT2D eigenvalue weighted by molar-refractivity contribution is -0.111. The molecule has 25 heavy (non-hydrogen) atoms. The van der Waals surface area contributed by atoms with Gasteiger partial charge in [0.15, 0.2) is 17.3 Å². The monoisotopic (exact) mass is 377 g/mol. The third kappa shape index (κ3) is 3.78. The minimum Gasteiger partial charge on any atom is -0.454 e. The fourth-order valence-electron chi connectivity index (χ4n) is 2.33. The Labute approximate surface area is 154 Å². The van der Waals surface area contributed by atoms with Crippen molar-refractivity contribution in [2.45, 2.75) is 6.92 Å². The molecule has 1 amide bonds. The smallest absolute Gasteiger partial charge is 0.248 e. The van der Waals surface area contributed by atoms with Gasteiger partial charge in [0.25, 0.3) is 0 Å². The average molecular weight is 378 g/mol. The highest BCUT2D eigenvalue weighted by Gasteiger charge is 2.20. The van der Waals surface area contributed by atoms with Crippen LogP contribution < -0.4 is 14.8 Å². The lowest BCUT2D eigenvalue weighted by atomic mass is 10.1. The summed E-state index contributed by atoms with van der Waals surface area (Å²) in [5, 5.41) is 3.43. The van der Waals surface area contributed by atoms with Crippen LogP contribution in [0.2, 0.25) is 10.0 Å². The number of nitrogens with one attached hydrogen (secondary N) is 1. The fraction of sp³-hybridized carbons (Fsp3) is 0.111. The third-order valence-corrected chi connectivity index (χ3v) is 4.38. The van der Waals surface area contributed by atoms with Gasteiger partial charge in [0.1, 0.15) is 0 Å². The predicted octanol–water partition coefficient (Wildman–Crippen LogP) is 4.58. The first kappa shape index (κ1) is 17.3. The number of halogens is 2. The van der Waals surface area contributed by atoms with Crippen molar-refractivity contribution in [1.82, 2.24) is 0 Å². The van der Waals surface area contributed by atoms with Crippen molar-refractivity contribution in [3.63, 3.8) is 0 Å². The quantitative estimate of drug-likeness (QED) is 0.625. The number of ether oxygens (including phenoxy) is 2. The number of carbonyl (C=O) groups is 2. The Kier molecular flexibility index (Phi) is 4.97. The zero-order chi connectivity index (χ0) is 18.0. The molecule has 7 heteroatoms. The van der Waals surface area contributed by atoms with E-state index < -0.39 is 5.91 Å². The summed E-state index contributed by atoms with van der Waals surface area (Å²) in [6.07, 6.45) is 2.86. The number of anilines is 1. The topological polar surface area (TPSA) is 64.6 Å². The van der Waals surface area contributed by atoms with Gasteiger partial charge in [-0.15, -0.1) is 0 Å². The van der Waals surface area contributed by atoms with Crippen LogP contribution in [0, 0.1) is 0 Å². The van der Waals surface area contributed by atoms with Gasteiger partial charge < -0.3 is 14.8 Å². The zero-order valence-electron chi connectivity index (χ0n) is 13.1. The van der Waals surface area contributed by atoms with E-state index in [0.29, 0.717) is 38.4 Å². The number of fused-ring (bicyclic) bond motifs is 1. The van der Waals surface area contributed by atoms with Crippen LogP contribution in [-0.4, -0.2) is 18.5 Å². The second-order valence-corrected chi connectivity index (χ2v) is 6.06. The SMILES string of the molecule is CC(=O)c1cc2c(cc1NC(=O)/C=C/c1cccc(Cl)c1Cl)OCO2. The molecule has 128 valence electrons. The van der Waals surface area contributed by atoms with E-state index in [-0.39, 0.29) is 12.6 Å². The van der Waals surface area contributed by atoms with Gasteiger partial charge in [-0.2, -0.15) is 0 Å². The standard InChI is InChI=1S/C18H13Cl2NO4/c1-10(22)12-7-15-16(25-9-24-15)8-14(12)21-17(23)6-5-11-3-2-4-13(19)18(11)20/h2-8H,9H2,1H3,(H,21,23)/b6-5+. The molecule has 0 saturated heterocycles. The average Bonchev–Trinajstić information content (AvgIpc) is 3.02. The van der Waals surface area contributed by atoms with Crippen LogP contribution in [0.25, 0.3) is 6.08 Å². The molecule has 0 aromatic heterocycles. The van der Waals surface area contributed by atoms with E-state index in [4.69, 9.17) is 32.7 Å². The van der Waals surface area contributed by atoms with Gasteiger partial charge in [0, 0.05) is 17.7 Å². The van der Waals surface area contributed by atoms with Crippen LogP contribution in [0.15, 0.2) is 36.4 Å². The largest absolute Gasteiger partial charge is 0.454 e. The van der Waals surface area contributed by atoms with Crippen LogP contribution >= 0.6 is 23.2 Å². The second-order valence-electron chi connectivity index (χ2n) is 5.27. The Hall–Kier alpha value is -2.50. The minimum absolute atomic E-state index is 0.0806. The number of amides is 1. The summed E-state index contributed by atoms with van der Waals surface area (Å²) in [6, 6.07) is 8.25. The molecule has 0 bridgehead atoms. The van der Waals surface area contributed by atoms with Crippen molar-refractivity contribution in [3.8, 4) is 11.5 Å². The van der Waals surface area contributed by atoms with Gasteiger partial charge in [-0.25, -0.2) is 0 Å². The highest BCUT2D eigenvalue weighted by Crippen LogP contribution is 2.37. The summed E-state index contributed by atoms with van der Waals surface area (Å²) in [5.41, 5.74) is 1.30. The fourth-order valence-corrected chi connectivity index (χ4v) is 2.70. The number of carbonyl (C=O) groups excluding carboxylic acids is 2. The number of hydrogen-bond donors (Lipinski definition) is 1. The Balaban J connectivity index is 1.82. The molecule has 0 atom stereocenters. The Bertz CT molecular complexity index is 893. The molecule has 3 rings (SSSR count). The van der Waals surface area contributed by atoms with E-state index in [1.54, 1.807) is 36.4 Å². The van der Waals surface area contributed by atoms with Gasteiger partial charge in [-0.3, -0.25) is 9.59 Å². The number of Topliss-reactive ketones (excluding diaryl/α,β-unsaturated/α-hetero) is 1. The summed E-state index contributed by atoms with van der Waals surface area (Å²) in [6.45, 7) is 1.49. The normalized spacial score (nSPS) is 12.4. The zero-order valence-corrected chi connectivity index (χ0v) is 14.6. The number of benzene rings is 2. The maximum atomic E-state index is 12.2. The molecule has 0 radical (unpaired) electrons. The molecule has 0 spiro atoms. The molecule has 0 unspecified atom stereocenters. The molecule has 1 aliphatic heterocycles. The first-order chi connectivity index (χ1) is 12.0. The first-order valence-electron chi connectivity index (χ1n) is 7.33. The number of rotatable bonds is 4. The maximum absolute atomic E-state index is 12.2. The summed E-state index contributed by atoms with van der Waals surface area (Å²) in [7, 11) is 0. The second kappa shape index (κ2) is 7.17. The molecule has 2 aromatic rings. The van der Waals surface area contributed by atoms with Crippen molar-refractivity contribution in [3.05, 3.63) is 57.6 Å². The molecule has 5 nitrogen and oxygen atoms in total. The van der Waals surface area contributed by atoms with Crippen molar-refractivity contribution in [2.75, 3.05) is 12.1 Å². The van der Waals surface area contributed by atoms with E-state index >= 15 is 0 Å². The van der Waals surface area contributed by atoms with Crippen molar-refractivity contribution in [1.29, 1.82) is 0 Å². The number of hydrogen-bond acceptors (Lipinski definition) is 4.